The molecule has 4 rings (SSSR count). The molecule has 0 spiro atoms. The molecule has 2 heterocycles. The van der Waals surface area contributed by atoms with Crippen molar-refractivity contribution in [1.82, 2.24) is 14.5 Å². The number of aromatic amines is 1. The second-order valence-electron chi connectivity index (χ2n) is 7.18. The highest BCUT2D eigenvalue weighted by molar-refractivity contribution is 7.71. The van der Waals surface area contributed by atoms with Gasteiger partial charge in [0, 0.05) is 13.5 Å². The van der Waals surface area contributed by atoms with Gasteiger partial charge in [0.05, 0.1) is 11.7 Å². The van der Waals surface area contributed by atoms with Crippen LogP contribution in [-0.4, -0.2) is 32.0 Å². The van der Waals surface area contributed by atoms with Crippen LogP contribution in [0.15, 0.2) is 53.3 Å². The lowest BCUT2D eigenvalue weighted by Crippen LogP contribution is -2.41. The van der Waals surface area contributed by atoms with Gasteiger partial charge in [-0.1, -0.05) is 42.5 Å². The fourth-order valence-corrected chi connectivity index (χ4v) is 4.32. The Bertz CT molecular complexity index is 1230. The second kappa shape index (κ2) is 7.33. The SMILES string of the molecule is CC(=O)N1CCc2ccccc2[C@H]1c1c(O)n(-c2ccccc2C)c(=S)[nH]c1=O. The second-order valence-corrected chi connectivity index (χ2v) is 7.57. The van der Waals surface area contributed by atoms with E-state index in [0.717, 1.165) is 16.7 Å². The number of rotatable bonds is 2. The van der Waals surface area contributed by atoms with Crippen molar-refractivity contribution in [2.45, 2.75) is 26.3 Å². The Morgan fingerprint density at radius 3 is 2.59 bits per heavy atom. The van der Waals surface area contributed by atoms with Gasteiger partial charge in [0.15, 0.2) is 4.77 Å². The Hall–Kier alpha value is -3.19. The van der Waals surface area contributed by atoms with Crippen molar-refractivity contribution >= 4 is 18.1 Å². The molecule has 29 heavy (non-hydrogen) atoms. The average molecular weight is 407 g/mol. The molecule has 1 atom stereocenters. The number of nitrogens with one attached hydrogen (secondary N) is 1. The molecule has 0 saturated heterocycles. The molecule has 6 nitrogen and oxygen atoms in total. The van der Waals surface area contributed by atoms with Crippen LogP contribution in [0.2, 0.25) is 0 Å². The molecule has 1 aromatic heterocycles. The molecule has 2 N–H and O–H groups in total. The number of para-hydroxylation sites is 1. The van der Waals surface area contributed by atoms with Crippen LogP contribution in [0.4, 0.5) is 0 Å². The molecule has 0 radical (unpaired) electrons. The standard InChI is InChI=1S/C22H21N3O3S/c1-13-7-3-6-10-17(13)25-21(28)18(20(27)23-22(25)29)19-16-9-5-4-8-15(16)11-12-24(19)14(2)26/h3-10,19,28H,11-12H2,1-2H3,(H,23,27,29)/t19-/m0/s1. The molecular formula is C22H21N3O3S. The van der Waals surface area contributed by atoms with Crippen molar-refractivity contribution in [2.24, 2.45) is 0 Å². The van der Waals surface area contributed by atoms with Crippen molar-refractivity contribution in [3.8, 4) is 11.6 Å². The predicted molar refractivity (Wildman–Crippen MR) is 113 cm³/mol. The van der Waals surface area contributed by atoms with Gasteiger partial charge in [0.25, 0.3) is 5.56 Å². The molecule has 0 unspecified atom stereocenters. The smallest absolute Gasteiger partial charge is 0.261 e. The number of carbonyl (C=O) groups is 1. The largest absolute Gasteiger partial charge is 0.494 e. The van der Waals surface area contributed by atoms with E-state index in [2.05, 4.69) is 4.98 Å². The van der Waals surface area contributed by atoms with E-state index in [4.69, 9.17) is 12.2 Å². The van der Waals surface area contributed by atoms with Gasteiger partial charge in [0.1, 0.15) is 5.56 Å². The van der Waals surface area contributed by atoms with Crippen molar-refractivity contribution in [2.75, 3.05) is 6.54 Å². The minimum Gasteiger partial charge on any atom is -0.494 e. The number of nitrogens with zero attached hydrogens (tertiary/aromatic N) is 2. The van der Waals surface area contributed by atoms with Crippen molar-refractivity contribution in [3.63, 3.8) is 0 Å². The quantitative estimate of drug-likeness (QED) is 0.638. The zero-order chi connectivity index (χ0) is 20.7. The Kier molecular flexibility index (Phi) is 4.84. The Labute approximate surface area is 173 Å². The van der Waals surface area contributed by atoms with E-state index in [9.17, 15) is 14.7 Å². The maximum atomic E-state index is 13.0. The summed E-state index contributed by atoms with van der Waals surface area (Å²) in [6, 6.07) is 14.5. The normalized spacial score (nSPS) is 15.8. The Morgan fingerprint density at radius 1 is 1.17 bits per heavy atom. The number of carbonyl (C=O) groups excluding carboxylic acids is 1. The van der Waals surface area contributed by atoms with E-state index in [-0.39, 0.29) is 22.1 Å². The first-order chi connectivity index (χ1) is 13.9. The van der Waals surface area contributed by atoms with Crippen LogP contribution in [0.1, 0.15) is 35.2 Å². The van der Waals surface area contributed by atoms with Crippen LogP contribution in [0.25, 0.3) is 5.69 Å². The van der Waals surface area contributed by atoms with Gasteiger partial charge in [-0.25, -0.2) is 0 Å². The van der Waals surface area contributed by atoms with Gasteiger partial charge < -0.3 is 10.0 Å². The Morgan fingerprint density at radius 2 is 1.86 bits per heavy atom. The third-order valence-corrected chi connectivity index (χ3v) is 5.72. The average Bonchev–Trinajstić information content (AvgIpc) is 2.69. The molecule has 1 amide bonds. The molecule has 1 aliphatic heterocycles. The monoisotopic (exact) mass is 407 g/mol. The molecule has 7 heteroatoms. The molecular weight excluding hydrogens is 386 g/mol. The first-order valence-corrected chi connectivity index (χ1v) is 9.80. The molecule has 148 valence electrons. The lowest BCUT2D eigenvalue weighted by molar-refractivity contribution is -0.130. The topological polar surface area (TPSA) is 78.3 Å². The van der Waals surface area contributed by atoms with Crippen molar-refractivity contribution in [1.29, 1.82) is 0 Å². The highest BCUT2D eigenvalue weighted by Crippen LogP contribution is 2.38. The van der Waals surface area contributed by atoms with E-state index in [0.29, 0.717) is 18.7 Å². The summed E-state index contributed by atoms with van der Waals surface area (Å²) in [5.41, 5.74) is 3.08. The van der Waals surface area contributed by atoms with E-state index in [1.807, 2.05) is 55.5 Å². The van der Waals surface area contributed by atoms with Crippen LogP contribution in [-0.2, 0) is 11.2 Å². The highest BCUT2D eigenvalue weighted by atomic mass is 32.1. The maximum Gasteiger partial charge on any atom is 0.261 e. The first-order valence-electron chi connectivity index (χ1n) is 9.39. The number of aryl methyl sites for hydroxylation is 1. The van der Waals surface area contributed by atoms with Crippen LogP contribution >= 0.6 is 12.2 Å². The van der Waals surface area contributed by atoms with Crippen LogP contribution < -0.4 is 5.56 Å². The number of aromatic nitrogens is 2. The van der Waals surface area contributed by atoms with Crippen molar-refractivity contribution in [3.05, 3.63) is 85.9 Å². The number of aromatic hydroxyl groups is 1. The van der Waals surface area contributed by atoms with Crippen LogP contribution in [0, 0.1) is 11.7 Å². The van der Waals surface area contributed by atoms with Gasteiger partial charge in [0.2, 0.25) is 11.8 Å². The molecule has 2 aromatic carbocycles. The minimum atomic E-state index is -0.688. The molecule has 0 bridgehead atoms. The summed E-state index contributed by atoms with van der Waals surface area (Å²) in [5, 5.41) is 11.2. The van der Waals surface area contributed by atoms with Crippen molar-refractivity contribution < 1.29 is 9.90 Å². The van der Waals surface area contributed by atoms with Gasteiger partial charge in [-0.05, 0) is 48.3 Å². The summed E-state index contributed by atoms with van der Waals surface area (Å²) >= 11 is 5.36. The number of benzene rings is 2. The Balaban J connectivity index is 2.04. The first kappa shape index (κ1) is 19.1. The molecule has 3 aromatic rings. The summed E-state index contributed by atoms with van der Waals surface area (Å²) in [5.74, 6) is -0.408. The third-order valence-electron chi connectivity index (χ3n) is 5.44. The number of hydrogen-bond donors (Lipinski definition) is 2. The number of hydrogen-bond acceptors (Lipinski definition) is 4. The highest BCUT2D eigenvalue weighted by Gasteiger charge is 2.35. The minimum absolute atomic E-state index is 0.101. The van der Waals surface area contributed by atoms with Crippen LogP contribution in [0.3, 0.4) is 0 Å². The number of amides is 1. The molecule has 0 fully saturated rings. The maximum absolute atomic E-state index is 13.0. The van der Waals surface area contributed by atoms with Crippen LogP contribution in [0.5, 0.6) is 5.88 Å². The lowest BCUT2D eigenvalue weighted by Gasteiger charge is -2.37. The fraction of sp³-hybridized carbons (Fsp3) is 0.227. The lowest BCUT2D eigenvalue weighted by atomic mass is 9.88. The molecule has 0 saturated carbocycles. The van der Waals surface area contributed by atoms with Gasteiger partial charge in [-0.15, -0.1) is 0 Å². The van der Waals surface area contributed by atoms with Gasteiger partial charge in [-0.3, -0.25) is 19.1 Å². The van der Waals surface area contributed by atoms with E-state index >= 15 is 0 Å². The predicted octanol–water partition coefficient (Wildman–Crippen LogP) is 3.40. The summed E-state index contributed by atoms with van der Waals surface area (Å²) in [6.45, 7) is 3.85. The zero-order valence-electron chi connectivity index (χ0n) is 16.2. The van der Waals surface area contributed by atoms with E-state index in [1.54, 1.807) is 4.90 Å². The number of H-pyrrole nitrogens is 1. The summed E-state index contributed by atoms with van der Waals surface area (Å²) in [7, 11) is 0. The summed E-state index contributed by atoms with van der Waals surface area (Å²) in [4.78, 5) is 29.7. The molecule has 0 aliphatic carbocycles. The molecule has 1 aliphatic rings. The number of fused-ring (bicyclic) bond motifs is 1. The van der Waals surface area contributed by atoms with E-state index in [1.165, 1.54) is 11.5 Å². The fourth-order valence-electron chi connectivity index (χ4n) is 4.04. The third kappa shape index (κ3) is 3.17. The van der Waals surface area contributed by atoms with Gasteiger partial charge in [-0.2, -0.15) is 0 Å². The van der Waals surface area contributed by atoms with Gasteiger partial charge >= 0.3 is 0 Å². The summed E-state index contributed by atoms with van der Waals surface area (Å²) in [6.07, 6.45) is 0.696. The van der Waals surface area contributed by atoms with E-state index < -0.39 is 11.6 Å². The summed E-state index contributed by atoms with van der Waals surface area (Å²) < 4.78 is 1.56. The zero-order valence-corrected chi connectivity index (χ0v) is 17.0.